The van der Waals surface area contributed by atoms with E-state index in [1.54, 1.807) is 18.2 Å². The van der Waals surface area contributed by atoms with Crippen LogP contribution in [0.4, 0.5) is 37.7 Å². The van der Waals surface area contributed by atoms with E-state index in [0.717, 1.165) is 11.1 Å². The number of para-hydroxylation sites is 1. The van der Waals surface area contributed by atoms with Crippen molar-refractivity contribution in [2.75, 3.05) is 10.6 Å². The smallest absolute Gasteiger partial charge is 0.322 e. The predicted molar refractivity (Wildman–Crippen MR) is 115 cm³/mol. The number of halogens is 6. The van der Waals surface area contributed by atoms with Crippen molar-refractivity contribution in [2.45, 2.75) is 26.2 Å². The molecular weight excluding hydrogens is 462 g/mol. The number of hydrogen-bond donors (Lipinski definition) is 2. The molecule has 0 spiro atoms. The summed E-state index contributed by atoms with van der Waals surface area (Å²) in [6.45, 7) is 3.74. The summed E-state index contributed by atoms with van der Waals surface area (Å²) in [4.78, 5) is 25.4. The molecule has 3 aromatic carbocycles. The van der Waals surface area contributed by atoms with E-state index < -0.39 is 40.9 Å². The highest BCUT2D eigenvalue weighted by molar-refractivity contribution is 6.12. The molecule has 0 atom stereocenters. The molecule has 0 aromatic heterocycles. The Labute approximate surface area is 190 Å². The second-order valence-corrected chi connectivity index (χ2v) is 7.55. The zero-order valence-corrected chi connectivity index (χ0v) is 17.9. The minimum Gasteiger partial charge on any atom is -0.322 e. The Kier molecular flexibility index (Phi) is 6.72. The number of carbonyl (C=O) groups excluding carboxylic acids is 2. The second kappa shape index (κ2) is 9.20. The van der Waals surface area contributed by atoms with Gasteiger partial charge in [0.15, 0.2) is 0 Å². The fraction of sp³-hybridized carbons (Fsp3) is 0.167. The molecule has 0 saturated carbocycles. The van der Waals surface area contributed by atoms with Crippen molar-refractivity contribution in [3.8, 4) is 0 Å². The molecular formula is C24H18F6N2O2. The van der Waals surface area contributed by atoms with E-state index in [1.165, 1.54) is 24.3 Å². The molecule has 10 heteroatoms. The van der Waals surface area contributed by atoms with Gasteiger partial charge in [0.2, 0.25) is 0 Å². The van der Waals surface area contributed by atoms with Crippen molar-refractivity contribution in [3.63, 3.8) is 0 Å². The van der Waals surface area contributed by atoms with Crippen LogP contribution in [0.2, 0.25) is 0 Å². The lowest BCUT2D eigenvalue weighted by atomic mass is 10.0. The third-order valence-electron chi connectivity index (χ3n) is 5.03. The van der Waals surface area contributed by atoms with Crippen molar-refractivity contribution in [2.24, 2.45) is 0 Å². The van der Waals surface area contributed by atoms with Gasteiger partial charge in [-0.3, -0.25) is 9.59 Å². The van der Waals surface area contributed by atoms with Gasteiger partial charge in [-0.2, -0.15) is 26.3 Å². The Hall–Kier alpha value is -3.82. The summed E-state index contributed by atoms with van der Waals surface area (Å²) in [5.74, 6) is -1.86. The van der Waals surface area contributed by atoms with Crippen molar-refractivity contribution < 1.29 is 35.9 Å². The number of aryl methyl sites for hydroxylation is 2. The van der Waals surface area contributed by atoms with Crippen molar-refractivity contribution in [1.29, 1.82) is 0 Å². The Morgan fingerprint density at radius 1 is 0.676 bits per heavy atom. The average Bonchev–Trinajstić information content (AvgIpc) is 2.75. The highest BCUT2D eigenvalue weighted by Crippen LogP contribution is 2.36. The highest BCUT2D eigenvalue weighted by Gasteiger charge is 2.37. The van der Waals surface area contributed by atoms with Crippen LogP contribution in [0.15, 0.2) is 60.7 Å². The number of hydrogen-bond acceptors (Lipinski definition) is 2. The van der Waals surface area contributed by atoms with Crippen LogP contribution in [-0.2, 0) is 12.4 Å². The van der Waals surface area contributed by atoms with Crippen LogP contribution in [0.25, 0.3) is 0 Å². The molecule has 3 aromatic rings. The maximum atomic E-state index is 13.1. The van der Waals surface area contributed by atoms with Gasteiger partial charge >= 0.3 is 12.4 Å². The van der Waals surface area contributed by atoms with Gasteiger partial charge in [-0.1, -0.05) is 18.2 Å². The van der Waals surface area contributed by atoms with Crippen molar-refractivity contribution in [1.82, 2.24) is 0 Å². The SMILES string of the molecule is Cc1ccc(NC(=O)c2ccccc2NC(=O)c2cc(C(F)(F)F)cc(C(F)(F)F)c2)cc1C. The number of benzene rings is 3. The third-order valence-corrected chi connectivity index (χ3v) is 5.03. The minimum atomic E-state index is -5.10. The Bertz CT molecular complexity index is 1220. The average molecular weight is 480 g/mol. The summed E-state index contributed by atoms with van der Waals surface area (Å²) in [7, 11) is 0. The lowest BCUT2D eigenvalue weighted by Gasteiger charge is -2.15. The van der Waals surface area contributed by atoms with Crippen LogP contribution in [0.1, 0.15) is 43.0 Å². The fourth-order valence-electron chi connectivity index (χ4n) is 3.09. The molecule has 0 saturated heterocycles. The van der Waals surface area contributed by atoms with Crippen LogP contribution in [0, 0.1) is 13.8 Å². The second-order valence-electron chi connectivity index (χ2n) is 7.55. The Balaban J connectivity index is 1.91. The first-order valence-electron chi connectivity index (χ1n) is 9.84. The molecule has 0 radical (unpaired) electrons. The van der Waals surface area contributed by atoms with Gasteiger partial charge in [0.25, 0.3) is 11.8 Å². The molecule has 0 unspecified atom stereocenters. The van der Waals surface area contributed by atoms with Crippen LogP contribution < -0.4 is 10.6 Å². The van der Waals surface area contributed by atoms with E-state index in [9.17, 15) is 35.9 Å². The van der Waals surface area contributed by atoms with E-state index in [4.69, 9.17) is 0 Å². The van der Waals surface area contributed by atoms with Gasteiger partial charge < -0.3 is 10.6 Å². The van der Waals surface area contributed by atoms with Gasteiger partial charge in [-0.25, -0.2) is 0 Å². The number of anilines is 2. The van der Waals surface area contributed by atoms with E-state index in [0.29, 0.717) is 17.8 Å². The fourth-order valence-corrected chi connectivity index (χ4v) is 3.09. The van der Waals surface area contributed by atoms with Gasteiger partial charge in [0.05, 0.1) is 22.4 Å². The first-order chi connectivity index (χ1) is 15.8. The number of amides is 2. The van der Waals surface area contributed by atoms with E-state index in [2.05, 4.69) is 10.6 Å². The highest BCUT2D eigenvalue weighted by atomic mass is 19.4. The van der Waals surface area contributed by atoms with E-state index >= 15 is 0 Å². The quantitative estimate of drug-likeness (QED) is 0.402. The minimum absolute atomic E-state index is 0.0305. The molecule has 3 rings (SSSR count). The lowest BCUT2D eigenvalue weighted by Crippen LogP contribution is -2.20. The van der Waals surface area contributed by atoms with Gasteiger partial charge in [-0.15, -0.1) is 0 Å². The molecule has 2 amide bonds. The first kappa shape index (κ1) is 24.8. The molecule has 4 nitrogen and oxygen atoms in total. The molecule has 0 fully saturated rings. The third kappa shape index (κ3) is 5.75. The lowest BCUT2D eigenvalue weighted by molar-refractivity contribution is -0.143. The van der Waals surface area contributed by atoms with Crippen LogP contribution in [-0.4, -0.2) is 11.8 Å². The van der Waals surface area contributed by atoms with Gasteiger partial charge in [0.1, 0.15) is 0 Å². The molecule has 0 bridgehead atoms. The topological polar surface area (TPSA) is 58.2 Å². The molecule has 0 aliphatic rings. The summed E-state index contributed by atoms with van der Waals surface area (Å²) in [6.07, 6.45) is -10.2. The van der Waals surface area contributed by atoms with E-state index in [-0.39, 0.29) is 17.3 Å². The van der Waals surface area contributed by atoms with Crippen molar-refractivity contribution in [3.05, 3.63) is 94.0 Å². The number of nitrogens with one attached hydrogen (secondary N) is 2. The maximum absolute atomic E-state index is 13.1. The van der Waals surface area contributed by atoms with Crippen LogP contribution in [0.3, 0.4) is 0 Å². The largest absolute Gasteiger partial charge is 0.416 e. The Morgan fingerprint density at radius 2 is 1.26 bits per heavy atom. The zero-order valence-electron chi connectivity index (χ0n) is 17.9. The molecule has 178 valence electrons. The summed E-state index contributed by atoms with van der Waals surface area (Å²) >= 11 is 0. The van der Waals surface area contributed by atoms with Crippen LogP contribution in [0.5, 0.6) is 0 Å². The normalized spacial score (nSPS) is 11.8. The predicted octanol–water partition coefficient (Wildman–Crippen LogP) is 6.85. The Morgan fingerprint density at radius 3 is 1.82 bits per heavy atom. The molecule has 34 heavy (non-hydrogen) atoms. The first-order valence-corrected chi connectivity index (χ1v) is 9.84. The van der Waals surface area contributed by atoms with Gasteiger partial charge in [-0.05, 0) is 67.4 Å². The summed E-state index contributed by atoms with van der Waals surface area (Å²) in [6, 6.07) is 11.4. The molecule has 2 N–H and O–H groups in total. The number of alkyl halides is 6. The summed E-state index contributed by atoms with van der Waals surface area (Å²) in [5.41, 5.74) is -1.80. The number of rotatable bonds is 4. The standard InChI is InChI=1S/C24H18F6N2O2/c1-13-7-8-18(9-14(13)2)31-22(34)19-5-3-4-6-20(19)32-21(33)15-10-16(23(25,26)27)12-17(11-15)24(28,29)30/h3-12H,1-2H3,(H,31,34)(H,32,33). The molecule has 0 aliphatic heterocycles. The monoisotopic (exact) mass is 480 g/mol. The van der Waals surface area contributed by atoms with Crippen LogP contribution >= 0.6 is 0 Å². The molecule has 0 heterocycles. The molecule has 0 aliphatic carbocycles. The number of carbonyl (C=O) groups is 2. The summed E-state index contributed by atoms with van der Waals surface area (Å²) in [5, 5.41) is 4.89. The zero-order chi connectivity index (χ0) is 25.3. The van der Waals surface area contributed by atoms with E-state index in [1.807, 2.05) is 13.8 Å². The van der Waals surface area contributed by atoms with Gasteiger partial charge in [0, 0.05) is 11.3 Å². The maximum Gasteiger partial charge on any atom is 0.416 e. The van der Waals surface area contributed by atoms with Crippen molar-refractivity contribution >= 4 is 23.2 Å². The summed E-state index contributed by atoms with van der Waals surface area (Å²) < 4.78 is 78.6.